The summed E-state index contributed by atoms with van der Waals surface area (Å²) >= 11 is 0. The second-order valence-electron chi connectivity index (χ2n) is 11.0. The summed E-state index contributed by atoms with van der Waals surface area (Å²) in [5.41, 5.74) is 6.56. The summed E-state index contributed by atoms with van der Waals surface area (Å²) in [7, 11) is 0. The largest absolute Gasteiger partial charge is 0.494 e. The first-order valence-corrected chi connectivity index (χ1v) is 14.7. The lowest BCUT2D eigenvalue weighted by Crippen LogP contribution is -2.17. The van der Waals surface area contributed by atoms with Gasteiger partial charge in [-0.25, -0.2) is 4.68 Å². The van der Waals surface area contributed by atoms with Gasteiger partial charge < -0.3 is 4.74 Å². The topological polar surface area (TPSA) is 44.9 Å². The summed E-state index contributed by atoms with van der Waals surface area (Å²) in [5.74, 6) is 2.13. The minimum atomic E-state index is 0.593. The molecule has 2 fully saturated rings. The Morgan fingerprint density at radius 2 is 1.73 bits per heavy atom. The van der Waals surface area contributed by atoms with Crippen molar-refractivity contribution in [2.45, 2.75) is 109 Å². The summed E-state index contributed by atoms with van der Waals surface area (Å²) in [6.45, 7) is 8.93. The van der Waals surface area contributed by atoms with Gasteiger partial charge >= 0.3 is 0 Å². The van der Waals surface area contributed by atoms with Gasteiger partial charge in [-0.15, -0.1) is 0 Å². The molecule has 0 amide bonds. The van der Waals surface area contributed by atoms with E-state index in [4.69, 9.17) is 9.84 Å². The smallest absolute Gasteiger partial charge is 0.122 e. The Hall–Kier alpha value is -2.82. The van der Waals surface area contributed by atoms with Crippen molar-refractivity contribution in [2.75, 3.05) is 6.61 Å². The van der Waals surface area contributed by atoms with Crippen molar-refractivity contribution < 1.29 is 4.74 Å². The number of ether oxygens (including phenoxy) is 1. The quantitative estimate of drug-likeness (QED) is 0.277. The zero-order chi connectivity index (χ0) is 25.6. The standard InChI is InChI=1S/C16H18N2O.C16H26N2/c1-3-19-12(2)15-11-17-18(16(15)13-9-10-13)14-7-5-4-6-8-14;1-2-3-7-13-10-11-14-12-17-18(16(13)14)15-8-5-4-6-9-15/h4-8,11,13H,2-3,9-10H2,1H3;12-13,15H,2-11H2,1H3. The summed E-state index contributed by atoms with van der Waals surface area (Å²) in [6.07, 6.45) is 20.2. The van der Waals surface area contributed by atoms with E-state index in [0.29, 0.717) is 18.6 Å². The maximum absolute atomic E-state index is 5.55. The molecule has 3 aliphatic rings. The molecule has 2 aromatic heterocycles. The average Bonchev–Trinajstić information content (AvgIpc) is 3.35. The van der Waals surface area contributed by atoms with Gasteiger partial charge in [-0.3, -0.25) is 4.68 Å². The molecule has 3 aromatic rings. The van der Waals surface area contributed by atoms with Crippen LogP contribution in [-0.4, -0.2) is 26.2 Å². The third-order valence-electron chi connectivity index (χ3n) is 8.28. The Morgan fingerprint density at radius 3 is 2.43 bits per heavy atom. The van der Waals surface area contributed by atoms with Crippen LogP contribution in [0.25, 0.3) is 11.4 Å². The Balaban J connectivity index is 0.000000152. The molecule has 0 spiro atoms. The minimum absolute atomic E-state index is 0.593. The van der Waals surface area contributed by atoms with Gasteiger partial charge in [0.05, 0.1) is 42.0 Å². The molecule has 0 aliphatic heterocycles. The fourth-order valence-corrected chi connectivity index (χ4v) is 6.21. The Labute approximate surface area is 222 Å². The molecule has 0 radical (unpaired) electrons. The zero-order valence-electron chi connectivity index (χ0n) is 22.9. The molecule has 5 nitrogen and oxygen atoms in total. The molecule has 1 atom stereocenters. The first-order chi connectivity index (χ1) is 18.2. The predicted molar refractivity (Wildman–Crippen MR) is 151 cm³/mol. The number of hydrogen-bond donors (Lipinski definition) is 0. The van der Waals surface area contributed by atoms with E-state index >= 15 is 0 Å². The van der Waals surface area contributed by atoms with Crippen LogP contribution in [0.5, 0.6) is 0 Å². The molecule has 1 unspecified atom stereocenters. The van der Waals surface area contributed by atoms with Crippen molar-refractivity contribution in [3.63, 3.8) is 0 Å². The molecule has 3 aliphatic carbocycles. The highest BCUT2D eigenvalue weighted by Gasteiger charge is 2.32. The molecular formula is C32H44N4O. The minimum Gasteiger partial charge on any atom is -0.494 e. The molecule has 5 heteroatoms. The van der Waals surface area contributed by atoms with Crippen LogP contribution in [-0.2, 0) is 11.2 Å². The van der Waals surface area contributed by atoms with Crippen LogP contribution >= 0.6 is 0 Å². The van der Waals surface area contributed by atoms with Gasteiger partial charge in [0.2, 0.25) is 0 Å². The summed E-state index contributed by atoms with van der Waals surface area (Å²) < 4.78 is 10.0. The van der Waals surface area contributed by atoms with Crippen LogP contribution in [0.15, 0.2) is 49.3 Å². The van der Waals surface area contributed by atoms with Crippen LogP contribution in [0.3, 0.4) is 0 Å². The number of rotatable bonds is 9. The lowest BCUT2D eigenvalue weighted by Gasteiger charge is -2.25. The molecule has 0 bridgehead atoms. The van der Waals surface area contributed by atoms with E-state index in [0.717, 1.165) is 22.9 Å². The zero-order valence-corrected chi connectivity index (χ0v) is 22.9. The molecule has 37 heavy (non-hydrogen) atoms. The van der Waals surface area contributed by atoms with E-state index in [-0.39, 0.29) is 0 Å². The van der Waals surface area contributed by atoms with Crippen LogP contribution in [0.1, 0.15) is 125 Å². The maximum atomic E-state index is 5.55. The normalized spacial score (nSPS) is 19.2. The summed E-state index contributed by atoms with van der Waals surface area (Å²) in [5, 5.41) is 9.26. The highest BCUT2D eigenvalue weighted by Crippen LogP contribution is 2.44. The van der Waals surface area contributed by atoms with Crippen molar-refractivity contribution in [1.82, 2.24) is 19.6 Å². The highest BCUT2D eigenvalue weighted by molar-refractivity contribution is 5.61. The number of unbranched alkanes of at least 4 members (excludes halogenated alkanes) is 1. The lowest BCUT2D eigenvalue weighted by molar-refractivity contribution is 0.299. The van der Waals surface area contributed by atoms with E-state index in [1.165, 1.54) is 82.7 Å². The van der Waals surface area contributed by atoms with Crippen molar-refractivity contribution >= 4 is 5.76 Å². The first-order valence-electron chi connectivity index (χ1n) is 14.7. The van der Waals surface area contributed by atoms with Gasteiger partial charge in [0.15, 0.2) is 0 Å². The summed E-state index contributed by atoms with van der Waals surface area (Å²) in [6, 6.07) is 10.9. The van der Waals surface area contributed by atoms with Gasteiger partial charge in [0, 0.05) is 17.5 Å². The maximum Gasteiger partial charge on any atom is 0.122 e. The predicted octanol–water partition coefficient (Wildman–Crippen LogP) is 8.37. The Morgan fingerprint density at radius 1 is 0.946 bits per heavy atom. The van der Waals surface area contributed by atoms with Crippen molar-refractivity contribution in [1.29, 1.82) is 0 Å². The molecule has 0 N–H and O–H groups in total. The first kappa shape index (κ1) is 25.8. The average molecular weight is 501 g/mol. The molecular weight excluding hydrogens is 456 g/mol. The SMILES string of the molecule is C=C(OCC)c1cnn(-c2ccccc2)c1C1CC1.CCCCC1CCc2cnn(C3CCCCC3)c21. The number of aromatic nitrogens is 4. The van der Waals surface area contributed by atoms with Crippen molar-refractivity contribution in [3.8, 4) is 5.69 Å². The van der Waals surface area contributed by atoms with Gasteiger partial charge in [0.25, 0.3) is 0 Å². The van der Waals surface area contributed by atoms with E-state index in [1.807, 2.05) is 36.0 Å². The van der Waals surface area contributed by atoms with Gasteiger partial charge in [-0.05, 0) is 69.6 Å². The second-order valence-corrected chi connectivity index (χ2v) is 11.0. The fraction of sp³-hybridized carbons (Fsp3) is 0.562. The van der Waals surface area contributed by atoms with Gasteiger partial charge in [-0.2, -0.15) is 10.2 Å². The highest BCUT2D eigenvalue weighted by atomic mass is 16.5. The number of hydrogen-bond acceptors (Lipinski definition) is 3. The fourth-order valence-electron chi connectivity index (χ4n) is 6.21. The lowest BCUT2D eigenvalue weighted by atomic mass is 9.94. The van der Waals surface area contributed by atoms with Crippen LogP contribution in [0.2, 0.25) is 0 Å². The molecule has 2 saturated carbocycles. The Kier molecular flexibility index (Phi) is 8.48. The molecule has 6 rings (SSSR count). The molecule has 198 valence electrons. The second kappa shape index (κ2) is 12.1. The summed E-state index contributed by atoms with van der Waals surface area (Å²) in [4.78, 5) is 0. The van der Waals surface area contributed by atoms with Gasteiger partial charge in [-0.1, -0.05) is 63.8 Å². The van der Waals surface area contributed by atoms with Gasteiger partial charge in [0.1, 0.15) is 5.76 Å². The molecule has 1 aromatic carbocycles. The number of para-hydroxylation sites is 1. The van der Waals surface area contributed by atoms with Crippen molar-refractivity contribution in [2.24, 2.45) is 0 Å². The van der Waals surface area contributed by atoms with E-state index in [1.54, 1.807) is 11.3 Å². The van der Waals surface area contributed by atoms with E-state index in [2.05, 4.69) is 41.6 Å². The number of benzene rings is 1. The van der Waals surface area contributed by atoms with E-state index < -0.39 is 0 Å². The Bertz CT molecular complexity index is 1150. The number of aryl methyl sites for hydroxylation is 1. The third kappa shape index (κ3) is 5.86. The van der Waals surface area contributed by atoms with Crippen LogP contribution < -0.4 is 0 Å². The van der Waals surface area contributed by atoms with Crippen LogP contribution in [0, 0.1) is 0 Å². The van der Waals surface area contributed by atoms with E-state index in [9.17, 15) is 0 Å². The monoisotopic (exact) mass is 500 g/mol. The number of fused-ring (bicyclic) bond motifs is 1. The molecule has 2 heterocycles. The number of nitrogens with zero attached hydrogens (tertiary/aromatic N) is 4. The third-order valence-corrected chi connectivity index (χ3v) is 8.28. The van der Waals surface area contributed by atoms with Crippen molar-refractivity contribution in [3.05, 3.63) is 71.8 Å². The molecule has 0 saturated heterocycles. The van der Waals surface area contributed by atoms with Crippen LogP contribution in [0.4, 0.5) is 0 Å².